The zero-order valence-electron chi connectivity index (χ0n) is 12.4. The van der Waals surface area contributed by atoms with Gasteiger partial charge < -0.3 is 15.5 Å². The van der Waals surface area contributed by atoms with E-state index in [0.717, 1.165) is 12.8 Å². The summed E-state index contributed by atoms with van der Waals surface area (Å²) >= 11 is 0. The second-order valence-electron chi connectivity index (χ2n) is 5.37. The Hall–Kier alpha value is -1.10. The van der Waals surface area contributed by atoms with Gasteiger partial charge in [-0.25, -0.2) is 0 Å². The molecule has 2 N–H and O–H groups in total. The molecule has 2 amide bonds. The summed E-state index contributed by atoms with van der Waals surface area (Å²) in [5, 5.41) is 0. The van der Waals surface area contributed by atoms with E-state index in [1.54, 1.807) is 4.90 Å². The first-order valence-electron chi connectivity index (χ1n) is 7.33. The second kappa shape index (κ2) is 7.48. The van der Waals surface area contributed by atoms with Crippen molar-refractivity contribution < 1.29 is 9.59 Å². The van der Waals surface area contributed by atoms with Crippen molar-refractivity contribution in [3.05, 3.63) is 0 Å². The number of carbonyl (C=O) groups excluding carboxylic acids is 2. The maximum atomic E-state index is 12.2. The molecule has 0 aromatic rings. The number of hydrogen-bond donors (Lipinski definition) is 1. The fourth-order valence-corrected chi connectivity index (χ4v) is 2.26. The van der Waals surface area contributed by atoms with Gasteiger partial charge in [-0.3, -0.25) is 9.59 Å². The summed E-state index contributed by atoms with van der Waals surface area (Å²) in [6.45, 7) is 8.54. The average Bonchev–Trinajstić information content (AvgIpc) is 2.45. The van der Waals surface area contributed by atoms with Gasteiger partial charge in [-0.15, -0.1) is 0 Å². The van der Waals surface area contributed by atoms with Crippen molar-refractivity contribution in [2.24, 2.45) is 11.7 Å². The summed E-state index contributed by atoms with van der Waals surface area (Å²) in [6, 6.07) is -0.414. The van der Waals surface area contributed by atoms with Gasteiger partial charge in [0.2, 0.25) is 11.8 Å². The molecule has 1 fully saturated rings. The predicted molar refractivity (Wildman–Crippen MR) is 75.5 cm³/mol. The summed E-state index contributed by atoms with van der Waals surface area (Å²) in [7, 11) is 0. The van der Waals surface area contributed by atoms with Gasteiger partial charge in [0.1, 0.15) is 0 Å². The molecule has 1 rings (SSSR count). The largest absolute Gasteiger partial charge is 0.339 e. The van der Waals surface area contributed by atoms with E-state index < -0.39 is 6.04 Å². The molecule has 0 spiro atoms. The highest BCUT2D eigenvalue weighted by atomic mass is 16.2. The molecular weight excluding hydrogens is 242 g/mol. The Kier molecular flexibility index (Phi) is 6.28. The fourth-order valence-electron chi connectivity index (χ4n) is 2.26. The molecule has 1 heterocycles. The van der Waals surface area contributed by atoms with E-state index >= 15 is 0 Å². The molecule has 5 heteroatoms. The van der Waals surface area contributed by atoms with Crippen molar-refractivity contribution in [3.63, 3.8) is 0 Å². The van der Waals surface area contributed by atoms with E-state index in [9.17, 15) is 9.59 Å². The SMILES string of the molecule is CCCC(=O)N1CCN(C(=O)[C@@H](N)C(C)CC)CC1. The van der Waals surface area contributed by atoms with Crippen LogP contribution in [0.25, 0.3) is 0 Å². The van der Waals surface area contributed by atoms with Crippen LogP contribution in [0.5, 0.6) is 0 Å². The van der Waals surface area contributed by atoms with Crippen molar-refractivity contribution in [3.8, 4) is 0 Å². The summed E-state index contributed by atoms with van der Waals surface area (Å²) in [4.78, 5) is 27.6. The highest BCUT2D eigenvalue weighted by Gasteiger charge is 2.28. The molecule has 1 aliphatic heterocycles. The maximum absolute atomic E-state index is 12.2. The van der Waals surface area contributed by atoms with Gasteiger partial charge in [-0.05, 0) is 12.3 Å². The molecular formula is C14H27N3O2. The first-order chi connectivity index (χ1) is 9.01. The minimum atomic E-state index is -0.414. The Morgan fingerprint density at radius 1 is 1.11 bits per heavy atom. The molecule has 0 saturated carbocycles. The van der Waals surface area contributed by atoms with Crippen molar-refractivity contribution >= 4 is 11.8 Å². The third kappa shape index (κ3) is 4.20. The van der Waals surface area contributed by atoms with Gasteiger partial charge in [0.25, 0.3) is 0 Å². The lowest BCUT2D eigenvalue weighted by atomic mass is 9.98. The average molecular weight is 269 g/mol. The number of carbonyl (C=O) groups is 2. The van der Waals surface area contributed by atoms with Crippen LogP contribution in [0, 0.1) is 5.92 Å². The third-order valence-corrected chi connectivity index (χ3v) is 3.95. The number of piperazine rings is 1. The van der Waals surface area contributed by atoms with E-state index in [1.165, 1.54) is 0 Å². The summed E-state index contributed by atoms with van der Waals surface area (Å²) in [5.41, 5.74) is 5.97. The zero-order chi connectivity index (χ0) is 14.4. The quantitative estimate of drug-likeness (QED) is 0.804. The van der Waals surface area contributed by atoms with Crippen LogP contribution in [0.1, 0.15) is 40.0 Å². The van der Waals surface area contributed by atoms with Crippen LogP contribution in [0.15, 0.2) is 0 Å². The summed E-state index contributed by atoms with van der Waals surface area (Å²) in [5.74, 6) is 0.421. The van der Waals surface area contributed by atoms with Crippen molar-refractivity contribution in [1.82, 2.24) is 9.80 Å². The predicted octanol–water partition coefficient (Wildman–Crippen LogP) is 0.831. The lowest BCUT2D eigenvalue weighted by Crippen LogP contribution is -2.55. The van der Waals surface area contributed by atoms with Crippen LogP contribution in [0.3, 0.4) is 0 Å². The molecule has 19 heavy (non-hydrogen) atoms. The highest BCUT2D eigenvalue weighted by molar-refractivity contribution is 5.82. The monoisotopic (exact) mass is 269 g/mol. The highest BCUT2D eigenvalue weighted by Crippen LogP contribution is 2.11. The first-order valence-corrected chi connectivity index (χ1v) is 7.33. The van der Waals surface area contributed by atoms with Gasteiger partial charge in [0.05, 0.1) is 6.04 Å². The molecule has 2 atom stereocenters. The summed E-state index contributed by atoms with van der Waals surface area (Å²) < 4.78 is 0. The van der Waals surface area contributed by atoms with Crippen LogP contribution in [0.2, 0.25) is 0 Å². The van der Waals surface area contributed by atoms with Crippen molar-refractivity contribution in [2.45, 2.75) is 46.1 Å². The molecule has 5 nitrogen and oxygen atoms in total. The Morgan fingerprint density at radius 2 is 1.63 bits per heavy atom. The molecule has 0 aromatic carbocycles. The van der Waals surface area contributed by atoms with Crippen LogP contribution < -0.4 is 5.73 Å². The Bertz CT molecular complexity index is 312. The van der Waals surface area contributed by atoms with Gasteiger partial charge in [-0.2, -0.15) is 0 Å². The molecule has 0 radical (unpaired) electrons. The smallest absolute Gasteiger partial charge is 0.239 e. The van der Waals surface area contributed by atoms with Gasteiger partial charge in [-0.1, -0.05) is 27.2 Å². The molecule has 1 unspecified atom stereocenters. The normalized spacial score (nSPS) is 19.2. The number of hydrogen-bond acceptors (Lipinski definition) is 3. The number of rotatable bonds is 5. The minimum Gasteiger partial charge on any atom is -0.339 e. The van der Waals surface area contributed by atoms with E-state index in [2.05, 4.69) is 0 Å². The second-order valence-corrected chi connectivity index (χ2v) is 5.37. The fraction of sp³-hybridized carbons (Fsp3) is 0.857. The van der Waals surface area contributed by atoms with Crippen LogP contribution in [-0.2, 0) is 9.59 Å². The Morgan fingerprint density at radius 3 is 2.11 bits per heavy atom. The molecule has 110 valence electrons. The van der Waals surface area contributed by atoms with Crippen LogP contribution >= 0.6 is 0 Å². The molecule has 1 aliphatic rings. The molecule has 0 aliphatic carbocycles. The van der Waals surface area contributed by atoms with Gasteiger partial charge in [0, 0.05) is 32.6 Å². The standard InChI is InChI=1S/C14H27N3O2/c1-4-6-12(18)16-7-9-17(10-8-16)14(19)13(15)11(3)5-2/h11,13H,4-10,15H2,1-3H3/t11?,13-/m0/s1. The third-order valence-electron chi connectivity index (χ3n) is 3.95. The van der Waals surface area contributed by atoms with Gasteiger partial charge in [0.15, 0.2) is 0 Å². The Balaban J connectivity index is 2.45. The zero-order valence-corrected chi connectivity index (χ0v) is 12.4. The summed E-state index contributed by atoms with van der Waals surface area (Å²) in [6.07, 6.45) is 2.37. The van der Waals surface area contributed by atoms with Crippen molar-refractivity contribution in [2.75, 3.05) is 26.2 Å². The molecule has 0 bridgehead atoms. The number of nitrogens with two attached hydrogens (primary N) is 1. The van der Waals surface area contributed by atoms with Crippen LogP contribution in [0.4, 0.5) is 0 Å². The topological polar surface area (TPSA) is 66.6 Å². The lowest BCUT2D eigenvalue weighted by molar-refractivity contribution is -0.141. The minimum absolute atomic E-state index is 0.0249. The van der Waals surface area contributed by atoms with E-state index in [4.69, 9.17) is 5.73 Å². The maximum Gasteiger partial charge on any atom is 0.239 e. The van der Waals surface area contributed by atoms with E-state index in [0.29, 0.717) is 32.6 Å². The molecule has 1 saturated heterocycles. The first kappa shape index (κ1) is 16.0. The van der Waals surface area contributed by atoms with Gasteiger partial charge >= 0.3 is 0 Å². The lowest BCUT2D eigenvalue weighted by Gasteiger charge is -2.36. The van der Waals surface area contributed by atoms with Crippen LogP contribution in [-0.4, -0.2) is 53.8 Å². The van der Waals surface area contributed by atoms with Crippen molar-refractivity contribution in [1.29, 1.82) is 0 Å². The molecule has 0 aromatic heterocycles. The van der Waals surface area contributed by atoms with E-state index in [-0.39, 0.29) is 17.7 Å². The van der Waals surface area contributed by atoms with E-state index in [1.807, 2.05) is 25.7 Å². The Labute approximate surface area is 116 Å². The number of nitrogens with zero attached hydrogens (tertiary/aromatic N) is 2. The number of amides is 2.